The Bertz CT molecular complexity index is 1180. The number of piperazine rings is 1. The van der Waals surface area contributed by atoms with Crippen molar-refractivity contribution in [1.82, 2.24) is 19.8 Å². The van der Waals surface area contributed by atoms with Gasteiger partial charge in [-0.25, -0.2) is 17.2 Å². The van der Waals surface area contributed by atoms with E-state index in [1.165, 1.54) is 34.6 Å². The van der Waals surface area contributed by atoms with Crippen molar-refractivity contribution in [1.29, 1.82) is 0 Å². The fourth-order valence-electron chi connectivity index (χ4n) is 5.36. The van der Waals surface area contributed by atoms with Gasteiger partial charge in [-0.2, -0.15) is 4.31 Å². The molecule has 11 heteroatoms. The predicted molar refractivity (Wildman–Crippen MR) is 141 cm³/mol. The minimum Gasteiger partial charge on any atom is -0.340 e. The summed E-state index contributed by atoms with van der Waals surface area (Å²) in [6, 6.07) is 4.68. The maximum atomic E-state index is 13.5. The Labute approximate surface area is 223 Å². The predicted octanol–water partition coefficient (Wildman–Crippen LogP) is 2.46. The molecule has 1 heterocycles. The number of carbonyl (C=O) groups excluding carboxylic acids is 2. The Hall–Kier alpha value is -2.63. The van der Waals surface area contributed by atoms with Crippen molar-refractivity contribution in [2.75, 3.05) is 39.0 Å². The number of allylic oxidation sites excluding steroid dienone is 4. The highest BCUT2D eigenvalue weighted by molar-refractivity contribution is 7.88. The van der Waals surface area contributed by atoms with Gasteiger partial charge in [0.25, 0.3) is 5.91 Å². The monoisotopic (exact) mass is 550 g/mol. The normalized spacial score (nSPS) is 26.5. The van der Waals surface area contributed by atoms with Crippen molar-refractivity contribution in [2.45, 2.75) is 38.3 Å². The van der Waals surface area contributed by atoms with Crippen LogP contribution in [0.15, 0.2) is 48.3 Å². The number of hydrogen-bond acceptors (Lipinski definition) is 5. The smallest absolute Gasteiger partial charge is 0.251 e. The maximum Gasteiger partial charge on any atom is 0.251 e. The van der Waals surface area contributed by atoms with Gasteiger partial charge in [0.1, 0.15) is 17.7 Å². The molecular formula is C27H36F2N4O4S. The molecule has 0 radical (unpaired) electrons. The molecule has 3 aliphatic rings. The number of nitrogens with zero attached hydrogens (tertiary/aromatic N) is 2. The van der Waals surface area contributed by atoms with Gasteiger partial charge in [0.05, 0.1) is 6.26 Å². The molecule has 1 saturated heterocycles. The summed E-state index contributed by atoms with van der Waals surface area (Å²) in [7, 11) is -3.33. The lowest BCUT2D eigenvalue weighted by atomic mass is 9.85. The molecule has 2 N–H and O–H groups in total. The van der Waals surface area contributed by atoms with Crippen LogP contribution < -0.4 is 10.6 Å². The Morgan fingerprint density at radius 1 is 1.11 bits per heavy atom. The number of benzene rings is 1. The van der Waals surface area contributed by atoms with Crippen LogP contribution in [0.1, 0.15) is 36.5 Å². The molecular weight excluding hydrogens is 514 g/mol. The molecule has 2 amide bonds. The van der Waals surface area contributed by atoms with Crippen LogP contribution in [0.4, 0.5) is 8.78 Å². The zero-order valence-corrected chi connectivity index (χ0v) is 22.6. The lowest BCUT2D eigenvalue weighted by molar-refractivity contribution is -0.134. The molecule has 2 aliphatic carbocycles. The van der Waals surface area contributed by atoms with Gasteiger partial charge in [-0.15, -0.1) is 0 Å². The first kappa shape index (κ1) is 28.4. The zero-order valence-electron chi connectivity index (χ0n) is 21.8. The first-order valence-electron chi connectivity index (χ1n) is 13.1. The number of nitrogens with one attached hydrogen (secondary N) is 2. The van der Waals surface area contributed by atoms with E-state index in [0.717, 1.165) is 12.7 Å². The molecule has 1 aromatic carbocycles. The third kappa shape index (κ3) is 7.27. The molecule has 5 unspecified atom stereocenters. The molecule has 0 spiro atoms. The minimum absolute atomic E-state index is 0.156. The van der Waals surface area contributed by atoms with E-state index in [1.54, 1.807) is 11.0 Å². The summed E-state index contributed by atoms with van der Waals surface area (Å²) in [5.74, 6) is -0.450. The minimum atomic E-state index is -3.33. The summed E-state index contributed by atoms with van der Waals surface area (Å²) < 4.78 is 51.7. The molecule has 208 valence electrons. The Morgan fingerprint density at radius 3 is 2.42 bits per heavy atom. The van der Waals surface area contributed by atoms with Gasteiger partial charge in [0.15, 0.2) is 0 Å². The van der Waals surface area contributed by atoms with Crippen LogP contribution in [0.5, 0.6) is 0 Å². The van der Waals surface area contributed by atoms with Crippen LogP contribution in [0, 0.1) is 23.6 Å². The largest absolute Gasteiger partial charge is 0.340 e. The van der Waals surface area contributed by atoms with Crippen molar-refractivity contribution >= 4 is 21.8 Å². The third-order valence-electron chi connectivity index (χ3n) is 7.65. The molecule has 0 bridgehead atoms. The van der Waals surface area contributed by atoms with Crippen LogP contribution in [0.2, 0.25) is 0 Å². The molecule has 38 heavy (non-hydrogen) atoms. The number of halogens is 2. The summed E-state index contributed by atoms with van der Waals surface area (Å²) in [6.07, 6.45) is 8.35. The van der Waals surface area contributed by atoms with Gasteiger partial charge in [0, 0.05) is 37.8 Å². The van der Waals surface area contributed by atoms with Crippen LogP contribution in [0.25, 0.3) is 0 Å². The van der Waals surface area contributed by atoms with Crippen LogP contribution in [-0.2, 0) is 14.8 Å². The van der Waals surface area contributed by atoms with E-state index in [9.17, 15) is 26.8 Å². The van der Waals surface area contributed by atoms with Gasteiger partial charge in [-0.05, 0) is 80.0 Å². The van der Waals surface area contributed by atoms with Gasteiger partial charge < -0.3 is 15.5 Å². The van der Waals surface area contributed by atoms with Crippen molar-refractivity contribution in [3.05, 3.63) is 59.7 Å². The molecule has 8 nitrogen and oxygen atoms in total. The second kappa shape index (κ2) is 12.0. The molecule has 5 atom stereocenters. The van der Waals surface area contributed by atoms with Gasteiger partial charge in [-0.3, -0.25) is 9.59 Å². The quantitative estimate of drug-likeness (QED) is 0.436. The summed E-state index contributed by atoms with van der Waals surface area (Å²) in [4.78, 5) is 27.8. The van der Waals surface area contributed by atoms with E-state index < -0.39 is 27.8 Å². The molecule has 2 fully saturated rings. The fourth-order valence-corrected chi connectivity index (χ4v) is 6.18. The van der Waals surface area contributed by atoms with E-state index in [-0.39, 0.29) is 49.4 Å². The van der Waals surface area contributed by atoms with Gasteiger partial charge in [0.2, 0.25) is 15.9 Å². The Kier molecular flexibility index (Phi) is 9.00. The second-order valence-corrected chi connectivity index (χ2v) is 12.5. The Morgan fingerprint density at radius 2 is 1.79 bits per heavy atom. The molecule has 0 aromatic heterocycles. The first-order chi connectivity index (χ1) is 18.0. The molecule has 1 aliphatic heterocycles. The first-order valence-corrected chi connectivity index (χ1v) is 15.0. The summed E-state index contributed by atoms with van der Waals surface area (Å²) in [5.41, 5.74) is 0.255. The second-order valence-electron chi connectivity index (χ2n) is 10.5. The van der Waals surface area contributed by atoms with E-state index in [1.807, 2.05) is 13.0 Å². The topological polar surface area (TPSA) is 98.8 Å². The highest BCUT2D eigenvalue weighted by Crippen LogP contribution is 2.44. The number of carbonyl (C=O) groups is 2. The van der Waals surface area contributed by atoms with Crippen LogP contribution in [0.3, 0.4) is 0 Å². The van der Waals surface area contributed by atoms with Crippen molar-refractivity contribution < 1.29 is 26.8 Å². The van der Waals surface area contributed by atoms with E-state index in [4.69, 9.17) is 0 Å². The molecule has 4 rings (SSSR count). The zero-order chi connectivity index (χ0) is 27.4. The summed E-state index contributed by atoms with van der Waals surface area (Å²) >= 11 is 0. The number of sulfonamides is 1. The van der Waals surface area contributed by atoms with Crippen LogP contribution >= 0.6 is 0 Å². The summed E-state index contributed by atoms with van der Waals surface area (Å²) in [6.45, 7) is 3.60. The van der Waals surface area contributed by atoms with Gasteiger partial charge >= 0.3 is 0 Å². The standard InChI is InChI=1S/C27H36F2N4O4S/c1-18-16-21(29)9-10-22(18)23-17-25(23)30-11-3-4-24(31-26(34)19-5-7-20(28)8-6-19)27(35)32-12-14-33(15-13-32)38(2,36)37/h5-10,16,18,22-25,30H,3-4,11-15,17H2,1-2H3,(H,31,34). The molecule has 1 saturated carbocycles. The van der Waals surface area contributed by atoms with E-state index >= 15 is 0 Å². The van der Waals surface area contributed by atoms with Crippen LogP contribution in [-0.4, -0.2) is 80.5 Å². The lowest BCUT2D eigenvalue weighted by Crippen LogP contribution is -2.55. The average molecular weight is 551 g/mol. The van der Waals surface area contributed by atoms with Gasteiger partial charge in [-0.1, -0.05) is 13.0 Å². The van der Waals surface area contributed by atoms with Crippen molar-refractivity contribution in [2.24, 2.45) is 17.8 Å². The highest BCUT2D eigenvalue weighted by Gasteiger charge is 2.43. The fraction of sp³-hybridized carbons (Fsp3) is 0.556. The maximum absolute atomic E-state index is 13.5. The number of rotatable bonds is 10. The van der Waals surface area contributed by atoms with Crippen molar-refractivity contribution in [3.8, 4) is 0 Å². The lowest BCUT2D eigenvalue weighted by Gasteiger charge is -2.35. The molecule has 1 aromatic rings. The van der Waals surface area contributed by atoms with Crippen molar-refractivity contribution in [3.63, 3.8) is 0 Å². The number of amides is 2. The van der Waals surface area contributed by atoms with E-state index in [0.29, 0.717) is 37.3 Å². The Balaban J connectivity index is 1.31. The summed E-state index contributed by atoms with van der Waals surface area (Å²) in [5, 5.41) is 6.32. The number of hydrogen-bond donors (Lipinski definition) is 2. The van der Waals surface area contributed by atoms with E-state index in [2.05, 4.69) is 10.6 Å². The average Bonchev–Trinajstić information content (AvgIpc) is 3.64. The SMILES string of the molecule is CC1C=C(F)C=CC1C1CC1NCCCC(NC(=O)c1ccc(F)cc1)C(=O)N1CCN(S(C)(=O)=O)CC1. The highest BCUT2D eigenvalue weighted by atomic mass is 32.2. The third-order valence-corrected chi connectivity index (χ3v) is 8.95.